The van der Waals surface area contributed by atoms with E-state index in [2.05, 4.69) is 29.3 Å². The summed E-state index contributed by atoms with van der Waals surface area (Å²) < 4.78 is 5.48. The summed E-state index contributed by atoms with van der Waals surface area (Å²) in [4.78, 5) is 2.53. The van der Waals surface area contributed by atoms with E-state index in [1.807, 2.05) is 12.1 Å². The van der Waals surface area contributed by atoms with Crippen LogP contribution in [0.15, 0.2) is 24.3 Å². The van der Waals surface area contributed by atoms with E-state index in [9.17, 15) is 0 Å². The normalized spacial score (nSPS) is 22.1. The van der Waals surface area contributed by atoms with Crippen LogP contribution < -0.4 is 10.1 Å². The zero-order valence-electron chi connectivity index (χ0n) is 10.8. The Hall–Kier alpha value is -1.06. The van der Waals surface area contributed by atoms with Crippen LogP contribution in [0.2, 0.25) is 0 Å². The smallest absolute Gasteiger partial charge is 0.123 e. The number of nitrogens with zero attached hydrogens (tertiary/aromatic N) is 1. The first kappa shape index (κ1) is 12.4. The van der Waals surface area contributed by atoms with Crippen molar-refractivity contribution in [2.45, 2.75) is 19.4 Å². The van der Waals surface area contributed by atoms with Gasteiger partial charge in [0.2, 0.25) is 0 Å². The maximum atomic E-state index is 5.48. The number of methoxy groups -OCH3 is 1. The summed E-state index contributed by atoms with van der Waals surface area (Å²) in [5.74, 6) is 1.000. The molecule has 3 heteroatoms. The molecule has 3 nitrogen and oxygen atoms in total. The molecule has 1 fully saturated rings. The quantitative estimate of drug-likeness (QED) is 0.866. The van der Waals surface area contributed by atoms with Gasteiger partial charge in [0.05, 0.1) is 13.2 Å². The van der Waals surface area contributed by atoms with E-state index in [0.717, 1.165) is 31.9 Å². The van der Waals surface area contributed by atoms with Gasteiger partial charge in [0.25, 0.3) is 0 Å². The van der Waals surface area contributed by atoms with Crippen molar-refractivity contribution in [1.82, 2.24) is 10.2 Å². The van der Waals surface area contributed by atoms with Gasteiger partial charge in [-0.25, -0.2) is 0 Å². The molecule has 1 unspecified atom stereocenters. The van der Waals surface area contributed by atoms with E-state index in [1.165, 1.54) is 12.0 Å². The molecule has 1 aromatic rings. The average molecular weight is 234 g/mol. The lowest BCUT2D eigenvalue weighted by molar-refractivity contribution is 0.217. The minimum absolute atomic E-state index is 0.429. The molecule has 2 rings (SSSR count). The number of hydrogen-bond donors (Lipinski definition) is 1. The third kappa shape index (κ3) is 2.79. The number of benzene rings is 1. The molecule has 1 saturated heterocycles. The Balaban J connectivity index is 2.28. The minimum Gasteiger partial charge on any atom is -0.496 e. The second-order valence-electron chi connectivity index (χ2n) is 4.44. The van der Waals surface area contributed by atoms with Crippen LogP contribution in [0.4, 0.5) is 0 Å². The van der Waals surface area contributed by atoms with Gasteiger partial charge in [0.15, 0.2) is 0 Å². The number of para-hydroxylation sites is 1. The lowest BCUT2D eigenvalue weighted by Crippen LogP contribution is -2.32. The largest absolute Gasteiger partial charge is 0.496 e. The Bertz CT molecular complexity index is 354. The molecule has 1 heterocycles. The molecule has 0 aliphatic carbocycles. The Morgan fingerprint density at radius 3 is 3.00 bits per heavy atom. The van der Waals surface area contributed by atoms with Crippen LogP contribution >= 0.6 is 0 Å². The molecule has 0 aromatic heterocycles. The fourth-order valence-electron chi connectivity index (χ4n) is 2.56. The molecule has 1 atom stereocenters. The second kappa shape index (κ2) is 6.03. The van der Waals surface area contributed by atoms with E-state index in [1.54, 1.807) is 7.11 Å². The number of likely N-dealkylation sites (N-methyl/N-ethyl adjacent to an activating group) is 1. The number of rotatable bonds is 3. The molecule has 1 aromatic carbocycles. The van der Waals surface area contributed by atoms with Crippen LogP contribution in [0.1, 0.15) is 24.9 Å². The fraction of sp³-hybridized carbons (Fsp3) is 0.571. The lowest BCUT2D eigenvalue weighted by atomic mass is 10.0. The summed E-state index contributed by atoms with van der Waals surface area (Å²) in [6.07, 6.45) is 1.22. The minimum atomic E-state index is 0.429. The highest BCUT2D eigenvalue weighted by Gasteiger charge is 2.23. The van der Waals surface area contributed by atoms with Gasteiger partial charge in [-0.1, -0.05) is 25.1 Å². The first-order chi connectivity index (χ1) is 8.36. The highest BCUT2D eigenvalue weighted by molar-refractivity contribution is 5.36. The van der Waals surface area contributed by atoms with Crippen molar-refractivity contribution in [1.29, 1.82) is 0 Å². The van der Waals surface area contributed by atoms with Gasteiger partial charge in [0, 0.05) is 12.1 Å². The maximum absolute atomic E-state index is 5.48. The van der Waals surface area contributed by atoms with Gasteiger partial charge in [-0.05, 0) is 32.1 Å². The fourth-order valence-corrected chi connectivity index (χ4v) is 2.56. The molecule has 0 spiro atoms. The van der Waals surface area contributed by atoms with Gasteiger partial charge in [-0.2, -0.15) is 0 Å². The van der Waals surface area contributed by atoms with Crippen LogP contribution in [-0.4, -0.2) is 38.2 Å². The van der Waals surface area contributed by atoms with Gasteiger partial charge < -0.3 is 10.1 Å². The first-order valence-corrected chi connectivity index (χ1v) is 6.44. The van der Waals surface area contributed by atoms with Crippen LogP contribution in [0.3, 0.4) is 0 Å². The SMILES string of the molecule is CCN1CCCNCC1c1ccccc1OC. The van der Waals surface area contributed by atoms with E-state index >= 15 is 0 Å². The van der Waals surface area contributed by atoms with Gasteiger partial charge in [0.1, 0.15) is 5.75 Å². The van der Waals surface area contributed by atoms with E-state index in [4.69, 9.17) is 4.74 Å². The Labute approximate surface area is 104 Å². The lowest BCUT2D eigenvalue weighted by Gasteiger charge is -2.29. The predicted octanol–water partition coefficient (Wildman–Crippen LogP) is 2.05. The summed E-state index contributed by atoms with van der Waals surface area (Å²) in [7, 11) is 1.75. The standard InChI is InChI=1S/C14H22N2O/c1-3-16-10-6-9-15-11-13(16)12-7-4-5-8-14(12)17-2/h4-5,7-8,13,15H,3,6,9-11H2,1-2H3. The predicted molar refractivity (Wildman–Crippen MR) is 70.5 cm³/mol. The summed E-state index contributed by atoms with van der Waals surface area (Å²) in [6, 6.07) is 8.78. The molecule has 0 amide bonds. The van der Waals surface area contributed by atoms with Crippen molar-refractivity contribution in [3.05, 3.63) is 29.8 Å². The molecule has 94 valence electrons. The molecular formula is C14H22N2O. The number of hydrogen-bond acceptors (Lipinski definition) is 3. The topological polar surface area (TPSA) is 24.5 Å². The summed E-state index contributed by atoms with van der Waals surface area (Å²) in [5, 5.41) is 3.51. The third-order valence-corrected chi connectivity index (χ3v) is 3.48. The van der Waals surface area contributed by atoms with Crippen molar-refractivity contribution in [2.75, 3.05) is 33.3 Å². The molecule has 0 radical (unpaired) electrons. The van der Waals surface area contributed by atoms with Crippen molar-refractivity contribution in [2.24, 2.45) is 0 Å². The van der Waals surface area contributed by atoms with E-state index in [0.29, 0.717) is 6.04 Å². The average Bonchev–Trinajstić information content (AvgIpc) is 2.63. The monoisotopic (exact) mass is 234 g/mol. The molecule has 1 N–H and O–H groups in total. The summed E-state index contributed by atoms with van der Waals surface area (Å²) >= 11 is 0. The maximum Gasteiger partial charge on any atom is 0.123 e. The molecule has 1 aliphatic heterocycles. The molecule has 17 heavy (non-hydrogen) atoms. The first-order valence-electron chi connectivity index (χ1n) is 6.44. The highest BCUT2D eigenvalue weighted by Crippen LogP contribution is 2.29. The van der Waals surface area contributed by atoms with Crippen molar-refractivity contribution < 1.29 is 4.74 Å². The molecule has 0 saturated carbocycles. The summed E-state index contributed by atoms with van der Waals surface area (Å²) in [5.41, 5.74) is 1.30. The van der Waals surface area contributed by atoms with Crippen molar-refractivity contribution >= 4 is 0 Å². The van der Waals surface area contributed by atoms with Crippen LogP contribution in [0, 0.1) is 0 Å². The van der Waals surface area contributed by atoms with Gasteiger partial charge in [-0.3, -0.25) is 4.90 Å². The van der Waals surface area contributed by atoms with Crippen molar-refractivity contribution in [3.63, 3.8) is 0 Å². The number of nitrogens with one attached hydrogen (secondary N) is 1. The zero-order chi connectivity index (χ0) is 12.1. The Morgan fingerprint density at radius 2 is 2.24 bits per heavy atom. The molecule has 1 aliphatic rings. The van der Waals surface area contributed by atoms with Gasteiger partial charge >= 0.3 is 0 Å². The zero-order valence-corrected chi connectivity index (χ0v) is 10.8. The van der Waals surface area contributed by atoms with Gasteiger partial charge in [-0.15, -0.1) is 0 Å². The van der Waals surface area contributed by atoms with Crippen molar-refractivity contribution in [3.8, 4) is 5.75 Å². The van der Waals surface area contributed by atoms with E-state index in [-0.39, 0.29) is 0 Å². The Kier molecular flexibility index (Phi) is 4.40. The highest BCUT2D eigenvalue weighted by atomic mass is 16.5. The summed E-state index contributed by atoms with van der Waals surface area (Å²) in [6.45, 7) is 6.60. The molecule has 0 bridgehead atoms. The Morgan fingerprint density at radius 1 is 1.41 bits per heavy atom. The van der Waals surface area contributed by atoms with E-state index < -0.39 is 0 Å². The molecular weight excluding hydrogens is 212 g/mol. The van der Waals surface area contributed by atoms with Crippen LogP contribution in [0.5, 0.6) is 5.75 Å². The number of ether oxygens (including phenoxy) is 1. The second-order valence-corrected chi connectivity index (χ2v) is 4.44. The third-order valence-electron chi connectivity index (χ3n) is 3.48. The van der Waals surface area contributed by atoms with Crippen LogP contribution in [0.25, 0.3) is 0 Å². The van der Waals surface area contributed by atoms with Crippen LogP contribution in [-0.2, 0) is 0 Å².